The maximum Gasteiger partial charge on any atom is 0.276 e. The molecular formula is C18H14N2O3S2. The molecule has 0 atom stereocenters. The molecule has 126 valence electrons. The van der Waals surface area contributed by atoms with Crippen molar-refractivity contribution < 1.29 is 13.7 Å². The van der Waals surface area contributed by atoms with Gasteiger partial charge in [0.05, 0.1) is 19.4 Å². The molecule has 0 spiro atoms. The Morgan fingerprint density at radius 3 is 2.28 bits per heavy atom. The zero-order valence-corrected chi connectivity index (χ0v) is 14.8. The van der Waals surface area contributed by atoms with Crippen molar-refractivity contribution in [3.8, 4) is 11.5 Å². The molecule has 0 radical (unpaired) electrons. The van der Waals surface area contributed by atoms with E-state index in [1.54, 1.807) is 52.0 Å². The molecule has 0 aliphatic carbocycles. The van der Waals surface area contributed by atoms with Crippen LogP contribution in [0, 0.1) is 0 Å². The first-order chi connectivity index (χ1) is 12.3. The van der Waals surface area contributed by atoms with E-state index in [2.05, 4.69) is 5.16 Å². The second-order valence-electron chi connectivity index (χ2n) is 5.37. The van der Waals surface area contributed by atoms with Crippen LogP contribution in [0.1, 0.15) is 20.2 Å². The highest BCUT2D eigenvalue weighted by Crippen LogP contribution is 2.23. The number of carbonyl (C=O) groups is 1. The molecule has 0 N–H and O–H groups in total. The van der Waals surface area contributed by atoms with Crippen molar-refractivity contribution in [3.63, 3.8) is 0 Å². The quantitative estimate of drug-likeness (QED) is 0.484. The Labute approximate surface area is 152 Å². The molecule has 4 aromatic heterocycles. The zero-order chi connectivity index (χ0) is 17.1. The Balaban J connectivity index is 1.58. The van der Waals surface area contributed by atoms with Gasteiger partial charge in [-0.2, -0.15) is 0 Å². The van der Waals surface area contributed by atoms with Gasteiger partial charge in [0.1, 0.15) is 0 Å². The molecule has 0 unspecified atom stereocenters. The van der Waals surface area contributed by atoms with Gasteiger partial charge in [0.25, 0.3) is 5.91 Å². The van der Waals surface area contributed by atoms with Crippen LogP contribution in [0.4, 0.5) is 0 Å². The van der Waals surface area contributed by atoms with Gasteiger partial charge in [0.15, 0.2) is 11.5 Å². The standard InChI is InChI=1S/C18H14N2O3S2/c21-18(15-10-17(23-19-15)16-6-1-7-22-16)20(11-13-4-2-8-24-13)12-14-5-3-9-25-14/h1-10H,11-12H2. The summed E-state index contributed by atoms with van der Waals surface area (Å²) < 4.78 is 10.6. The van der Waals surface area contributed by atoms with Gasteiger partial charge in [0.2, 0.25) is 5.76 Å². The summed E-state index contributed by atoms with van der Waals surface area (Å²) in [5, 5.41) is 7.95. The topological polar surface area (TPSA) is 59.5 Å². The SMILES string of the molecule is O=C(c1cc(-c2ccco2)on1)N(Cc1cccs1)Cc1cccs1. The molecule has 5 nitrogen and oxygen atoms in total. The van der Waals surface area contributed by atoms with Crippen LogP contribution in [0.3, 0.4) is 0 Å². The Kier molecular flexibility index (Phi) is 4.49. The molecule has 0 aromatic carbocycles. The van der Waals surface area contributed by atoms with Gasteiger partial charge in [-0.05, 0) is 35.0 Å². The average molecular weight is 370 g/mol. The number of furan rings is 1. The molecule has 4 aromatic rings. The van der Waals surface area contributed by atoms with Gasteiger partial charge in [-0.15, -0.1) is 22.7 Å². The molecule has 4 rings (SSSR count). The van der Waals surface area contributed by atoms with Crippen molar-refractivity contribution in [2.45, 2.75) is 13.1 Å². The Bertz CT molecular complexity index is 889. The fraction of sp³-hybridized carbons (Fsp3) is 0.111. The van der Waals surface area contributed by atoms with Crippen LogP contribution in [0.25, 0.3) is 11.5 Å². The minimum absolute atomic E-state index is 0.164. The summed E-state index contributed by atoms with van der Waals surface area (Å²) in [4.78, 5) is 17.0. The fourth-order valence-corrected chi connectivity index (χ4v) is 3.89. The molecule has 0 saturated carbocycles. The molecule has 0 saturated heterocycles. The number of amides is 1. The van der Waals surface area contributed by atoms with Gasteiger partial charge < -0.3 is 13.8 Å². The number of aromatic nitrogens is 1. The van der Waals surface area contributed by atoms with Crippen LogP contribution >= 0.6 is 22.7 Å². The molecule has 0 aliphatic rings. The summed E-state index contributed by atoms with van der Waals surface area (Å²) in [6, 6.07) is 13.2. The van der Waals surface area contributed by atoms with Crippen LogP contribution in [0.2, 0.25) is 0 Å². The third-order valence-electron chi connectivity index (χ3n) is 3.63. The first-order valence-corrected chi connectivity index (χ1v) is 9.40. The summed E-state index contributed by atoms with van der Waals surface area (Å²) in [6.45, 7) is 1.08. The predicted octanol–water partition coefficient (Wildman–Crippen LogP) is 4.90. The van der Waals surface area contributed by atoms with Gasteiger partial charge in [0, 0.05) is 15.8 Å². The van der Waals surface area contributed by atoms with Gasteiger partial charge in [-0.1, -0.05) is 17.3 Å². The first-order valence-electron chi connectivity index (χ1n) is 7.64. The summed E-state index contributed by atoms with van der Waals surface area (Å²) in [5.74, 6) is 0.832. The highest BCUT2D eigenvalue weighted by molar-refractivity contribution is 7.10. The Hall–Kier alpha value is -2.64. The molecule has 0 fully saturated rings. The molecule has 1 amide bonds. The highest BCUT2D eigenvalue weighted by Gasteiger charge is 2.22. The van der Waals surface area contributed by atoms with E-state index in [1.807, 2.05) is 35.0 Å². The lowest BCUT2D eigenvalue weighted by molar-refractivity contribution is 0.0723. The number of thiophene rings is 2. The van der Waals surface area contributed by atoms with E-state index in [-0.39, 0.29) is 11.6 Å². The monoisotopic (exact) mass is 370 g/mol. The third kappa shape index (κ3) is 3.57. The van der Waals surface area contributed by atoms with Gasteiger partial charge in [-0.3, -0.25) is 4.79 Å². The second-order valence-corrected chi connectivity index (χ2v) is 7.44. The lowest BCUT2D eigenvalue weighted by atomic mass is 10.2. The molecular weight excluding hydrogens is 356 g/mol. The fourth-order valence-electron chi connectivity index (χ4n) is 2.45. The van der Waals surface area contributed by atoms with Gasteiger partial charge in [-0.25, -0.2) is 0 Å². The normalized spacial score (nSPS) is 10.9. The number of hydrogen-bond acceptors (Lipinski definition) is 6. The summed E-state index contributed by atoms with van der Waals surface area (Å²) >= 11 is 3.26. The van der Waals surface area contributed by atoms with E-state index in [9.17, 15) is 4.79 Å². The lowest BCUT2D eigenvalue weighted by Crippen LogP contribution is -2.29. The number of hydrogen-bond donors (Lipinski definition) is 0. The van der Waals surface area contributed by atoms with Crippen molar-refractivity contribution in [3.05, 3.63) is 74.9 Å². The molecule has 7 heteroatoms. The molecule has 0 bridgehead atoms. The van der Waals surface area contributed by atoms with E-state index in [1.165, 1.54) is 0 Å². The zero-order valence-electron chi connectivity index (χ0n) is 13.1. The largest absolute Gasteiger partial charge is 0.461 e. The van der Waals surface area contributed by atoms with Crippen LogP contribution in [0.15, 0.2) is 68.4 Å². The minimum Gasteiger partial charge on any atom is -0.461 e. The van der Waals surface area contributed by atoms with Crippen LogP contribution in [-0.2, 0) is 13.1 Å². The lowest BCUT2D eigenvalue weighted by Gasteiger charge is -2.20. The van der Waals surface area contributed by atoms with Crippen molar-refractivity contribution in [2.75, 3.05) is 0 Å². The van der Waals surface area contributed by atoms with E-state index in [0.29, 0.717) is 24.6 Å². The van der Waals surface area contributed by atoms with Crippen molar-refractivity contribution in [1.82, 2.24) is 10.1 Å². The van der Waals surface area contributed by atoms with Crippen LogP contribution in [0.5, 0.6) is 0 Å². The average Bonchev–Trinajstić information content (AvgIpc) is 3.41. The summed E-state index contributed by atoms with van der Waals surface area (Å²) in [6.07, 6.45) is 1.55. The van der Waals surface area contributed by atoms with Crippen LogP contribution in [-0.4, -0.2) is 16.0 Å². The highest BCUT2D eigenvalue weighted by atomic mass is 32.1. The predicted molar refractivity (Wildman–Crippen MR) is 96.4 cm³/mol. The van der Waals surface area contributed by atoms with E-state index in [4.69, 9.17) is 8.94 Å². The Morgan fingerprint density at radius 2 is 1.72 bits per heavy atom. The maximum absolute atomic E-state index is 13.0. The molecule has 25 heavy (non-hydrogen) atoms. The van der Waals surface area contributed by atoms with E-state index < -0.39 is 0 Å². The minimum atomic E-state index is -0.164. The van der Waals surface area contributed by atoms with Crippen molar-refractivity contribution in [1.29, 1.82) is 0 Å². The Morgan fingerprint density at radius 1 is 1.00 bits per heavy atom. The first kappa shape index (κ1) is 15.9. The smallest absolute Gasteiger partial charge is 0.276 e. The summed E-state index contributed by atoms with van der Waals surface area (Å²) in [7, 11) is 0. The number of nitrogens with zero attached hydrogens (tertiary/aromatic N) is 2. The summed E-state index contributed by atoms with van der Waals surface area (Å²) in [5.41, 5.74) is 0.277. The number of carbonyl (C=O) groups excluding carboxylic acids is 1. The van der Waals surface area contributed by atoms with Crippen molar-refractivity contribution >= 4 is 28.6 Å². The third-order valence-corrected chi connectivity index (χ3v) is 5.36. The van der Waals surface area contributed by atoms with E-state index >= 15 is 0 Å². The maximum atomic E-state index is 13.0. The number of rotatable bonds is 6. The molecule has 4 heterocycles. The second kappa shape index (κ2) is 7.08. The van der Waals surface area contributed by atoms with Crippen molar-refractivity contribution in [2.24, 2.45) is 0 Å². The van der Waals surface area contributed by atoms with E-state index in [0.717, 1.165) is 9.75 Å². The van der Waals surface area contributed by atoms with Gasteiger partial charge >= 0.3 is 0 Å². The van der Waals surface area contributed by atoms with Crippen LogP contribution < -0.4 is 0 Å². The molecule has 0 aliphatic heterocycles.